The maximum atomic E-state index is 13.2. The summed E-state index contributed by atoms with van der Waals surface area (Å²) in [7, 11) is 1.98. The van der Waals surface area contributed by atoms with Crippen LogP contribution in [0.1, 0.15) is 46.0 Å². The number of nitrogens with one attached hydrogen (secondary N) is 2. The summed E-state index contributed by atoms with van der Waals surface area (Å²) in [5, 5.41) is 37.9. The van der Waals surface area contributed by atoms with Crippen molar-refractivity contribution >= 4 is 17.7 Å². The smallest absolute Gasteiger partial charge is 0.237 e. The molecule has 0 bridgehead atoms. The van der Waals surface area contributed by atoms with Crippen molar-refractivity contribution in [1.82, 2.24) is 15.5 Å². The largest absolute Gasteiger partial charge is 0.388 e. The Morgan fingerprint density at radius 3 is 2.53 bits per heavy atom. The van der Waals surface area contributed by atoms with Crippen LogP contribution in [0, 0.1) is 5.92 Å². The van der Waals surface area contributed by atoms with Crippen LogP contribution in [-0.2, 0) is 9.53 Å². The van der Waals surface area contributed by atoms with Crippen LogP contribution in [0.3, 0.4) is 0 Å². The summed E-state index contributed by atoms with van der Waals surface area (Å²) >= 11 is 1.28. The van der Waals surface area contributed by atoms with Gasteiger partial charge in [-0.05, 0) is 51.8 Å². The number of thioether (sulfide) groups is 1. The lowest BCUT2D eigenvalue weighted by Gasteiger charge is -2.45. The lowest BCUT2D eigenvalue weighted by Crippen LogP contribution is -2.67. The fraction of sp³-hybridized carbons (Fsp3) is 0.952. The zero-order chi connectivity index (χ0) is 22.0. The van der Waals surface area contributed by atoms with Crippen LogP contribution < -0.4 is 10.6 Å². The number of hydrogen-bond acceptors (Lipinski definition) is 8. The fourth-order valence-electron chi connectivity index (χ4n) is 4.87. The van der Waals surface area contributed by atoms with Crippen LogP contribution in [0.5, 0.6) is 0 Å². The Balaban J connectivity index is 1.74. The molecule has 0 spiro atoms. The highest BCUT2D eigenvalue weighted by molar-refractivity contribution is 7.99. The normalized spacial score (nSPS) is 39.6. The predicted molar refractivity (Wildman–Crippen MR) is 117 cm³/mol. The number of hydrogen-bond donors (Lipinski definition) is 5. The molecule has 3 fully saturated rings. The first kappa shape index (κ1) is 24.2. The van der Waals surface area contributed by atoms with E-state index in [-0.39, 0.29) is 18.0 Å². The molecule has 2 heterocycles. The van der Waals surface area contributed by atoms with Crippen LogP contribution in [-0.4, -0.2) is 100.0 Å². The average Bonchev–Trinajstić information content (AvgIpc) is 3.45. The number of likely N-dealkylation sites (tertiary alicyclic amines) is 1. The number of rotatable bonds is 9. The molecular formula is C21H39N3O5S. The van der Waals surface area contributed by atoms with Gasteiger partial charge in [-0.15, -0.1) is 11.8 Å². The standard InChI is InChI=1S/C21H39N3O5S/c1-5-6-12-9-14(24(3)10-12)20(28)23-15(11(2)22-13-7-8-13)19-17(26)16(25)18(27)21(29-19)30-4/h11-19,21-22,25-27H,5-10H2,1-4H3,(H,23,28)/t11-,12+,14-,15+,16+,17?,18+,19+,21?/m0/s1. The van der Waals surface area contributed by atoms with Gasteiger partial charge >= 0.3 is 0 Å². The minimum absolute atomic E-state index is 0.0670. The molecular weight excluding hydrogens is 406 g/mol. The Labute approximate surface area is 184 Å². The maximum Gasteiger partial charge on any atom is 0.237 e. The van der Waals surface area contributed by atoms with E-state index in [1.54, 1.807) is 6.26 Å². The zero-order valence-corrected chi connectivity index (χ0v) is 19.3. The molecule has 2 unspecified atom stereocenters. The Kier molecular flexibility index (Phi) is 8.45. The van der Waals surface area contributed by atoms with E-state index in [4.69, 9.17) is 4.74 Å². The van der Waals surface area contributed by atoms with Gasteiger partial charge in [-0.1, -0.05) is 13.3 Å². The number of nitrogens with zero attached hydrogens (tertiary/aromatic N) is 1. The van der Waals surface area contributed by atoms with Gasteiger partial charge < -0.3 is 30.7 Å². The van der Waals surface area contributed by atoms with E-state index in [0.717, 1.165) is 38.6 Å². The number of carbonyl (C=O) groups excluding carboxylic acids is 1. The van der Waals surface area contributed by atoms with Crippen LogP contribution in [0.4, 0.5) is 0 Å². The van der Waals surface area contributed by atoms with E-state index < -0.39 is 35.9 Å². The molecule has 1 aliphatic carbocycles. The van der Waals surface area contributed by atoms with E-state index >= 15 is 0 Å². The van der Waals surface area contributed by atoms with Crippen LogP contribution in [0.25, 0.3) is 0 Å². The number of aliphatic hydroxyl groups is 3. The van der Waals surface area contributed by atoms with E-state index in [9.17, 15) is 20.1 Å². The van der Waals surface area contributed by atoms with Crippen molar-refractivity contribution in [3.8, 4) is 0 Å². The van der Waals surface area contributed by atoms with Gasteiger partial charge in [0.25, 0.3) is 0 Å². The van der Waals surface area contributed by atoms with Crippen molar-refractivity contribution in [3.63, 3.8) is 0 Å². The molecule has 2 saturated heterocycles. The molecule has 9 atom stereocenters. The van der Waals surface area contributed by atoms with Crippen molar-refractivity contribution in [1.29, 1.82) is 0 Å². The van der Waals surface area contributed by atoms with Crippen molar-refractivity contribution in [2.45, 2.75) is 100.0 Å². The summed E-state index contributed by atoms with van der Waals surface area (Å²) in [4.78, 5) is 15.3. The topological polar surface area (TPSA) is 114 Å². The number of carbonyl (C=O) groups is 1. The highest BCUT2D eigenvalue weighted by atomic mass is 32.2. The molecule has 8 nitrogen and oxygen atoms in total. The third-order valence-corrected chi connectivity index (χ3v) is 7.61. The summed E-state index contributed by atoms with van der Waals surface area (Å²) in [6.07, 6.45) is 2.43. The molecule has 5 N–H and O–H groups in total. The van der Waals surface area contributed by atoms with Crippen molar-refractivity contribution in [2.24, 2.45) is 5.92 Å². The number of ether oxygens (including phenoxy) is 1. The Morgan fingerprint density at radius 1 is 1.23 bits per heavy atom. The Bertz CT molecular complexity index is 579. The SMILES string of the molecule is CCC[C@@H]1C[C@@H](C(=O)N[C@H]([C@H](C)NC2CC2)[C@H]2OC(SC)[C@H](O)[C@H](O)C2O)N(C)C1. The molecule has 174 valence electrons. The second-order valence-corrected chi connectivity index (χ2v) is 10.2. The average molecular weight is 446 g/mol. The molecule has 3 rings (SSSR count). The maximum absolute atomic E-state index is 13.2. The summed E-state index contributed by atoms with van der Waals surface area (Å²) < 4.78 is 6.00. The third-order valence-electron chi connectivity index (χ3n) is 6.75. The van der Waals surface area contributed by atoms with Gasteiger partial charge in [0.2, 0.25) is 5.91 Å². The minimum atomic E-state index is -1.32. The lowest BCUT2D eigenvalue weighted by molar-refractivity contribution is -0.207. The first-order valence-corrected chi connectivity index (χ1v) is 12.5. The highest BCUT2D eigenvalue weighted by Gasteiger charge is 2.49. The number of likely N-dealkylation sites (N-methyl/N-ethyl adjacent to an activating group) is 1. The van der Waals surface area contributed by atoms with E-state index in [1.165, 1.54) is 11.8 Å². The molecule has 30 heavy (non-hydrogen) atoms. The molecule has 2 aliphatic heterocycles. The van der Waals surface area contributed by atoms with Gasteiger partial charge in [-0.2, -0.15) is 0 Å². The predicted octanol–water partition coefficient (Wildman–Crippen LogP) is -0.0973. The van der Waals surface area contributed by atoms with E-state index in [1.807, 2.05) is 14.0 Å². The van der Waals surface area contributed by atoms with Gasteiger partial charge in [0.05, 0.1) is 12.1 Å². The molecule has 3 aliphatic rings. The first-order chi connectivity index (χ1) is 14.3. The Hall–Kier alpha value is -0.420. The summed E-state index contributed by atoms with van der Waals surface area (Å²) in [5.74, 6) is 0.452. The third kappa shape index (κ3) is 5.49. The van der Waals surface area contributed by atoms with Gasteiger partial charge in [0.15, 0.2) is 0 Å². The Morgan fingerprint density at radius 2 is 1.93 bits per heavy atom. The van der Waals surface area contributed by atoms with Crippen LogP contribution in [0.2, 0.25) is 0 Å². The molecule has 1 amide bonds. The molecule has 0 aromatic rings. The van der Waals surface area contributed by atoms with Gasteiger partial charge in [0, 0.05) is 18.6 Å². The monoisotopic (exact) mass is 445 g/mol. The molecule has 0 aromatic carbocycles. The van der Waals surface area contributed by atoms with Crippen molar-refractivity contribution in [3.05, 3.63) is 0 Å². The lowest BCUT2D eigenvalue weighted by atomic mass is 9.90. The quantitative estimate of drug-likeness (QED) is 0.334. The van der Waals surface area contributed by atoms with Crippen LogP contribution in [0.15, 0.2) is 0 Å². The van der Waals surface area contributed by atoms with Crippen molar-refractivity contribution in [2.75, 3.05) is 19.8 Å². The van der Waals surface area contributed by atoms with Crippen molar-refractivity contribution < 1.29 is 24.9 Å². The second kappa shape index (κ2) is 10.5. The molecule has 9 heteroatoms. The number of amides is 1. The van der Waals surface area contributed by atoms with E-state index in [0.29, 0.717) is 12.0 Å². The fourth-order valence-corrected chi connectivity index (χ4v) is 5.55. The molecule has 1 saturated carbocycles. The minimum Gasteiger partial charge on any atom is -0.388 e. The van der Waals surface area contributed by atoms with Gasteiger partial charge in [0.1, 0.15) is 29.9 Å². The van der Waals surface area contributed by atoms with Gasteiger partial charge in [-0.25, -0.2) is 0 Å². The summed E-state index contributed by atoms with van der Waals surface area (Å²) in [6, 6.07) is -0.465. The summed E-state index contributed by atoms with van der Waals surface area (Å²) in [6.45, 7) is 5.05. The zero-order valence-electron chi connectivity index (χ0n) is 18.5. The summed E-state index contributed by atoms with van der Waals surface area (Å²) in [5.41, 5.74) is -0.663. The first-order valence-electron chi connectivity index (χ1n) is 11.3. The number of aliphatic hydroxyl groups excluding tert-OH is 3. The molecule has 0 radical (unpaired) electrons. The molecule has 0 aromatic heterocycles. The van der Waals surface area contributed by atoms with Gasteiger partial charge in [-0.3, -0.25) is 9.69 Å². The van der Waals surface area contributed by atoms with Crippen LogP contribution >= 0.6 is 11.8 Å². The highest BCUT2D eigenvalue weighted by Crippen LogP contribution is 2.31. The second-order valence-electron chi connectivity index (χ2n) is 9.29. The van der Waals surface area contributed by atoms with E-state index in [2.05, 4.69) is 22.5 Å².